The van der Waals surface area contributed by atoms with E-state index in [0.29, 0.717) is 6.04 Å². The number of amides is 2. The Bertz CT molecular complexity index is 994. The molecule has 7 heteroatoms. The Morgan fingerprint density at radius 3 is 2.62 bits per heavy atom. The van der Waals surface area contributed by atoms with E-state index in [9.17, 15) is 4.79 Å². The van der Waals surface area contributed by atoms with Crippen LogP contribution in [0.15, 0.2) is 28.8 Å². The Labute approximate surface area is 171 Å². The Morgan fingerprint density at radius 2 is 1.97 bits per heavy atom. The van der Waals surface area contributed by atoms with Crippen molar-refractivity contribution >= 4 is 17.1 Å². The fraction of sp³-hybridized carbons (Fsp3) is 0.500. The Balaban J connectivity index is 1.42. The first kappa shape index (κ1) is 19.5. The molecule has 0 radical (unpaired) electrons. The lowest BCUT2D eigenvalue weighted by molar-refractivity contribution is 0.168. The zero-order chi connectivity index (χ0) is 20.5. The van der Waals surface area contributed by atoms with E-state index in [4.69, 9.17) is 9.51 Å². The van der Waals surface area contributed by atoms with Crippen molar-refractivity contribution in [2.24, 2.45) is 0 Å². The van der Waals surface area contributed by atoms with Crippen molar-refractivity contribution in [2.75, 3.05) is 13.1 Å². The topological polar surface area (TPSA) is 76.2 Å². The summed E-state index contributed by atoms with van der Waals surface area (Å²) in [4.78, 5) is 19.5. The van der Waals surface area contributed by atoms with Crippen LogP contribution in [0.4, 0.5) is 4.79 Å². The molecule has 3 heterocycles. The summed E-state index contributed by atoms with van der Waals surface area (Å²) in [6.07, 6.45) is 2.65. The number of aryl methyl sites for hydroxylation is 3. The molecular formula is C22H29N5O2. The van der Waals surface area contributed by atoms with Crippen LogP contribution in [0.25, 0.3) is 11.0 Å². The molecule has 1 aromatic carbocycles. The number of hydrogen-bond acceptors (Lipinski definition) is 4. The zero-order valence-electron chi connectivity index (χ0n) is 17.6. The lowest BCUT2D eigenvalue weighted by atomic mass is 10.0. The SMILES string of the molecule is CCC(NC(=O)N1CCC(n2c(C)nc3ccccc32)CC1)c1c(C)noc1C. The molecule has 0 aliphatic carbocycles. The summed E-state index contributed by atoms with van der Waals surface area (Å²) >= 11 is 0. The lowest BCUT2D eigenvalue weighted by Crippen LogP contribution is -2.46. The first-order valence-corrected chi connectivity index (χ1v) is 10.4. The molecule has 0 saturated carbocycles. The highest BCUT2D eigenvalue weighted by Gasteiger charge is 2.28. The van der Waals surface area contributed by atoms with E-state index in [1.165, 1.54) is 5.52 Å². The van der Waals surface area contributed by atoms with Gasteiger partial charge in [0.25, 0.3) is 0 Å². The van der Waals surface area contributed by atoms with Gasteiger partial charge in [-0.15, -0.1) is 0 Å². The van der Waals surface area contributed by atoms with Crippen LogP contribution in [0.1, 0.15) is 61.1 Å². The van der Waals surface area contributed by atoms with Gasteiger partial charge < -0.3 is 19.3 Å². The molecule has 1 atom stereocenters. The fourth-order valence-corrected chi connectivity index (χ4v) is 4.56. The van der Waals surface area contributed by atoms with Crippen LogP contribution < -0.4 is 5.32 Å². The number of para-hydroxylation sites is 2. The first-order chi connectivity index (χ1) is 14.0. The molecule has 0 bridgehead atoms. The summed E-state index contributed by atoms with van der Waals surface area (Å²) in [5, 5.41) is 7.21. The number of hydrogen-bond donors (Lipinski definition) is 1. The van der Waals surface area contributed by atoms with Crippen molar-refractivity contribution in [1.82, 2.24) is 24.9 Å². The second-order valence-electron chi connectivity index (χ2n) is 7.88. The van der Waals surface area contributed by atoms with E-state index in [1.54, 1.807) is 0 Å². The van der Waals surface area contributed by atoms with Gasteiger partial charge in [0, 0.05) is 24.7 Å². The monoisotopic (exact) mass is 395 g/mol. The number of piperidine rings is 1. The second kappa shape index (κ2) is 7.89. The molecule has 1 aliphatic heterocycles. The molecule has 2 aromatic heterocycles. The predicted octanol–water partition coefficient (Wildman–Crippen LogP) is 4.45. The number of imidazole rings is 1. The lowest BCUT2D eigenvalue weighted by Gasteiger charge is -2.34. The first-order valence-electron chi connectivity index (χ1n) is 10.4. The molecule has 1 unspecified atom stereocenters. The van der Waals surface area contributed by atoms with Crippen molar-refractivity contribution in [1.29, 1.82) is 0 Å². The average Bonchev–Trinajstić information content (AvgIpc) is 3.24. The summed E-state index contributed by atoms with van der Waals surface area (Å²) in [7, 11) is 0. The molecule has 4 rings (SSSR count). The Morgan fingerprint density at radius 1 is 1.24 bits per heavy atom. The van der Waals surface area contributed by atoms with E-state index in [1.807, 2.05) is 24.8 Å². The highest BCUT2D eigenvalue weighted by molar-refractivity contribution is 5.76. The van der Waals surface area contributed by atoms with Gasteiger partial charge in [-0.3, -0.25) is 0 Å². The molecule has 1 aliphatic rings. The predicted molar refractivity (Wildman–Crippen MR) is 112 cm³/mol. The van der Waals surface area contributed by atoms with E-state index < -0.39 is 0 Å². The molecule has 3 aromatic rings. The molecular weight excluding hydrogens is 366 g/mol. The minimum absolute atomic E-state index is 0.0116. The van der Waals surface area contributed by atoms with Crippen molar-refractivity contribution in [3.8, 4) is 0 Å². The van der Waals surface area contributed by atoms with Crippen LogP contribution in [-0.4, -0.2) is 38.7 Å². The molecule has 1 N–H and O–H groups in total. The molecule has 2 amide bonds. The van der Waals surface area contributed by atoms with E-state index in [2.05, 4.69) is 47.1 Å². The summed E-state index contributed by atoms with van der Waals surface area (Å²) < 4.78 is 7.62. The highest BCUT2D eigenvalue weighted by atomic mass is 16.5. The minimum atomic E-state index is -0.0775. The molecule has 1 fully saturated rings. The number of benzene rings is 1. The third-order valence-electron chi connectivity index (χ3n) is 6.03. The number of nitrogens with one attached hydrogen (secondary N) is 1. The van der Waals surface area contributed by atoms with E-state index in [-0.39, 0.29) is 12.1 Å². The molecule has 7 nitrogen and oxygen atoms in total. The fourth-order valence-electron chi connectivity index (χ4n) is 4.56. The summed E-state index contributed by atoms with van der Waals surface area (Å²) in [6.45, 7) is 9.42. The molecule has 1 saturated heterocycles. The van der Waals surface area contributed by atoms with Crippen LogP contribution in [-0.2, 0) is 0 Å². The number of likely N-dealkylation sites (tertiary alicyclic amines) is 1. The van der Waals surface area contributed by atoms with Crippen LogP contribution in [0.3, 0.4) is 0 Å². The summed E-state index contributed by atoms with van der Waals surface area (Å²) in [5.74, 6) is 1.81. The largest absolute Gasteiger partial charge is 0.361 e. The van der Waals surface area contributed by atoms with Crippen molar-refractivity contribution < 1.29 is 9.32 Å². The third-order valence-corrected chi connectivity index (χ3v) is 6.03. The van der Waals surface area contributed by atoms with Crippen molar-refractivity contribution in [3.63, 3.8) is 0 Å². The van der Waals surface area contributed by atoms with Crippen LogP contribution in [0.2, 0.25) is 0 Å². The number of urea groups is 1. The van der Waals surface area contributed by atoms with Gasteiger partial charge in [-0.1, -0.05) is 24.2 Å². The average molecular weight is 396 g/mol. The standard InChI is InChI=1S/C22H29N5O2/c1-5-18(21-14(2)25-29-15(21)3)24-22(28)26-12-10-17(11-13-26)27-16(4)23-19-8-6-7-9-20(19)27/h6-9,17-18H,5,10-13H2,1-4H3,(H,24,28). The van der Waals surface area contributed by atoms with Gasteiger partial charge in [0.2, 0.25) is 0 Å². The number of rotatable bonds is 4. The number of fused-ring (bicyclic) bond motifs is 1. The minimum Gasteiger partial charge on any atom is -0.361 e. The maximum absolute atomic E-state index is 12.9. The molecule has 29 heavy (non-hydrogen) atoms. The van der Waals surface area contributed by atoms with Gasteiger partial charge >= 0.3 is 6.03 Å². The molecule has 154 valence electrons. The highest BCUT2D eigenvalue weighted by Crippen LogP contribution is 2.29. The van der Waals surface area contributed by atoms with Gasteiger partial charge in [-0.05, 0) is 52.2 Å². The van der Waals surface area contributed by atoms with Crippen molar-refractivity contribution in [2.45, 2.75) is 59.0 Å². The maximum atomic E-state index is 12.9. The Kier molecular flexibility index (Phi) is 5.30. The quantitative estimate of drug-likeness (QED) is 0.708. The second-order valence-corrected chi connectivity index (χ2v) is 7.88. The van der Waals surface area contributed by atoms with Crippen LogP contribution >= 0.6 is 0 Å². The number of carbonyl (C=O) groups is 1. The van der Waals surface area contributed by atoms with Gasteiger partial charge in [0.15, 0.2) is 0 Å². The number of nitrogens with zero attached hydrogens (tertiary/aromatic N) is 4. The zero-order valence-corrected chi connectivity index (χ0v) is 17.6. The van der Waals surface area contributed by atoms with Gasteiger partial charge in [0.05, 0.1) is 22.8 Å². The number of carbonyl (C=O) groups excluding carboxylic acids is 1. The van der Waals surface area contributed by atoms with Crippen LogP contribution in [0.5, 0.6) is 0 Å². The van der Waals surface area contributed by atoms with Gasteiger partial charge in [-0.25, -0.2) is 9.78 Å². The maximum Gasteiger partial charge on any atom is 0.317 e. The van der Waals surface area contributed by atoms with Crippen LogP contribution in [0, 0.1) is 20.8 Å². The summed E-state index contributed by atoms with van der Waals surface area (Å²) in [5.41, 5.74) is 4.06. The van der Waals surface area contributed by atoms with E-state index in [0.717, 1.165) is 60.7 Å². The normalized spacial score (nSPS) is 16.3. The Hall–Kier alpha value is -2.83. The third kappa shape index (κ3) is 3.61. The van der Waals surface area contributed by atoms with Gasteiger partial charge in [0.1, 0.15) is 11.6 Å². The molecule has 0 spiro atoms. The number of aromatic nitrogens is 3. The van der Waals surface area contributed by atoms with E-state index >= 15 is 0 Å². The van der Waals surface area contributed by atoms with Gasteiger partial charge in [-0.2, -0.15) is 0 Å². The van der Waals surface area contributed by atoms with Crippen molar-refractivity contribution in [3.05, 3.63) is 47.1 Å². The summed E-state index contributed by atoms with van der Waals surface area (Å²) in [6, 6.07) is 8.55. The smallest absolute Gasteiger partial charge is 0.317 e.